The minimum atomic E-state index is -0.343. The van der Waals surface area contributed by atoms with Gasteiger partial charge in [0.2, 0.25) is 5.91 Å². The van der Waals surface area contributed by atoms with Crippen molar-refractivity contribution in [1.29, 1.82) is 0 Å². The number of hydrogen-bond donors (Lipinski definition) is 3. The Morgan fingerprint density at radius 3 is 2.42 bits per heavy atom. The minimum Gasteiger partial charge on any atom is -0.341 e. The highest BCUT2D eigenvalue weighted by atomic mass is 35.5. The number of carbonyl (C=O) groups is 2. The number of nitrogens with zero attached hydrogens (tertiary/aromatic N) is 2. The molecule has 1 heterocycles. The first-order valence-electron chi connectivity index (χ1n) is 9.41. The third-order valence-electron chi connectivity index (χ3n) is 4.37. The van der Waals surface area contributed by atoms with Gasteiger partial charge in [-0.3, -0.25) is 4.79 Å². The number of benzene rings is 2. The van der Waals surface area contributed by atoms with Gasteiger partial charge in [-0.25, -0.2) is 9.48 Å². The number of halogens is 2. The third kappa shape index (κ3) is 6.10. The van der Waals surface area contributed by atoms with E-state index in [-0.39, 0.29) is 11.9 Å². The molecular weight excluding hydrogens is 437 g/mol. The summed E-state index contributed by atoms with van der Waals surface area (Å²) < 4.78 is 1.67. The van der Waals surface area contributed by atoms with Crippen molar-refractivity contribution in [2.45, 2.75) is 13.5 Å². The zero-order chi connectivity index (χ0) is 22.4. The van der Waals surface area contributed by atoms with Crippen molar-refractivity contribution in [3.8, 4) is 0 Å². The van der Waals surface area contributed by atoms with Gasteiger partial charge in [-0.05, 0) is 48.9 Å². The number of nitrogens with one attached hydrogen (secondary N) is 3. The van der Waals surface area contributed by atoms with Gasteiger partial charge in [-0.2, -0.15) is 5.10 Å². The molecule has 0 radical (unpaired) electrons. The Morgan fingerprint density at radius 1 is 1.06 bits per heavy atom. The SMILES string of the molecule is CNC(=O)Nc1cccc(NC(=O)/C=C/c2c(C)nn(Cc3ccc(Cl)cc3)c2Cl)c1. The maximum Gasteiger partial charge on any atom is 0.318 e. The highest BCUT2D eigenvalue weighted by molar-refractivity contribution is 6.31. The average molecular weight is 458 g/mol. The molecule has 0 aliphatic rings. The van der Waals surface area contributed by atoms with Crippen LogP contribution in [0, 0.1) is 6.92 Å². The van der Waals surface area contributed by atoms with E-state index in [2.05, 4.69) is 21.0 Å². The summed E-state index contributed by atoms with van der Waals surface area (Å²) in [6.45, 7) is 2.32. The lowest BCUT2D eigenvalue weighted by Gasteiger charge is -2.07. The van der Waals surface area contributed by atoms with E-state index in [0.717, 1.165) is 5.56 Å². The number of amides is 3. The van der Waals surface area contributed by atoms with Crippen LogP contribution in [0.5, 0.6) is 0 Å². The summed E-state index contributed by atoms with van der Waals surface area (Å²) in [5.74, 6) is -0.335. The second-order valence-corrected chi connectivity index (χ2v) is 7.48. The van der Waals surface area contributed by atoms with Crippen LogP contribution in [-0.4, -0.2) is 28.8 Å². The molecule has 3 rings (SSSR count). The number of aryl methyl sites for hydroxylation is 1. The summed E-state index contributed by atoms with van der Waals surface area (Å²) in [5, 5.41) is 13.4. The molecule has 31 heavy (non-hydrogen) atoms. The fourth-order valence-electron chi connectivity index (χ4n) is 2.84. The molecule has 3 aromatic rings. The summed E-state index contributed by atoms with van der Waals surface area (Å²) in [6.07, 6.45) is 3.02. The van der Waals surface area contributed by atoms with E-state index in [9.17, 15) is 9.59 Å². The van der Waals surface area contributed by atoms with Gasteiger partial charge in [0.25, 0.3) is 0 Å². The van der Waals surface area contributed by atoms with Crippen LogP contribution in [-0.2, 0) is 11.3 Å². The fraction of sp³-hybridized carbons (Fsp3) is 0.136. The van der Waals surface area contributed by atoms with E-state index in [4.69, 9.17) is 23.2 Å². The fourth-order valence-corrected chi connectivity index (χ4v) is 3.26. The third-order valence-corrected chi connectivity index (χ3v) is 5.02. The second-order valence-electron chi connectivity index (χ2n) is 6.68. The number of rotatable bonds is 6. The van der Waals surface area contributed by atoms with Gasteiger partial charge in [0.1, 0.15) is 5.15 Å². The molecule has 0 atom stereocenters. The van der Waals surface area contributed by atoms with Crippen molar-refractivity contribution in [2.75, 3.05) is 17.7 Å². The average Bonchev–Trinajstić information content (AvgIpc) is 3.00. The number of carbonyl (C=O) groups excluding carboxylic acids is 2. The molecular formula is C22H21Cl2N5O2. The molecule has 0 unspecified atom stereocenters. The van der Waals surface area contributed by atoms with Gasteiger partial charge in [0.05, 0.1) is 12.2 Å². The molecule has 0 spiro atoms. The molecule has 0 saturated carbocycles. The molecule has 0 bridgehead atoms. The topological polar surface area (TPSA) is 88.1 Å². The van der Waals surface area contributed by atoms with Gasteiger partial charge in [0.15, 0.2) is 0 Å². The van der Waals surface area contributed by atoms with Gasteiger partial charge in [0, 0.05) is 35.1 Å². The summed E-state index contributed by atoms with van der Waals surface area (Å²) in [7, 11) is 1.52. The number of aromatic nitrogens is 2. The molecule has 0 fully saturated rings. The standard InChI is InChI=1S/C22H21Cl2N5O2/c1-14-19(21(24)29(28-14)13-15-6-8-16(23)9-7-15)10-11-20(30)26-17-4-3-5-18(12-17)27-22(31)25-2/h3-12H,13H2,1-2H3,(H,26,30)(H2,25,27,31)/b11-10+. The van der Waals surface area contributed by atoms with Crippen LogP contribution >= 0.6 is 23.2 Å². The van der Waals surface area contributed by atoms with Crippen LogP contribution in [0.3, 0.4) is 0 Å². The predicted molar refractivity (Wildman–Crippen MR) is 125 cm³/mol. The molecule has 9 heteroatoms. The normalized spacial score (nSPS) is 10.8. The van der Waals surface area contributed by atoms with E-state index < -0.39 is 0 Å². The molecule has 1 aromatic heterocycles. The Morgan fingerprint density at radius 2 is 1.74 bits per heavy atom. The Hall–Kier alpha value is -3.29. The van der Waals surface area contributed by atoms with Crippen LogP contribution in [0.2, 0.25) is 10.2 Å². The Bertz CT molecular complexity index is 1120. The zero-order valence-electron chi connectivity index (χ0n) is 16.9. The van der Waals surface area contributed by atoms with Gasteiger partial charge in [-0.15, -0.1) is 0 Å². The molecule has 3 amide bonds. The van der Waals surface area contributed by atoms with Gasteiger partial charge >= 0.3 is 6.03 Å². The summed E-state index contributed by atoms with van der Waals surface area (Å²) in [5.41, 5.74) is 3.49. The zero-order valence-corrected chi connectivity index (χ0v) is 18.5. The Labute approximate surface area is 190 Å². The first-order valence-corrected chi connectivity index (χ1v) is 10.2. The van der Waals surface area contributed by atoms with Crippen LogP contribution in [0.25, 0.3) is 6.08 Å². The quantitative estimate of drug-likeness (QED) is 0.457. The first-order chi connectivity index (χ1) is 14.9. The molecule has 2 aromatic carbocycles. The highest BCUT2D eigenvalue weighted by Crippen LogP contribution is 2.23. The molecule has 7 nitrogen and oxygen atoms in total. The summed E-state index contributed by atoms with van der Waals surface area (Å²) in [4.78, 5) is 23.8. The smallest absolute Gasteiger partial charge is 0.318 e. The summed E-state index contributed by atoms with van der Waals surface area (Å²) >= 11 is 12.4. The molecule has 0 saturated heterocycles. The van der Waals surface area contributed by atoms with Crippen LogP contribution in [0.15, 0.2) is 54.6 Å². The van der Waals surface area contributed by atoms with Crippen LogP contribution in [0.4, 0.5) is 16.2 Å². The van der Waals surface area contributed by atoms with Crippen molar-refractivity contribution >= 4 is 52.6 Å². The maximum atomic E-state index is 12.3. The Kier molecular flexibility index (Phi) is 7.33. The van der Waals surface area contributed by atoms with Crippen molar-refractivity contribution in [3.05, 3.63) is 81.6 Å². The van der Waals surface area contributed by atoms with Gasteiger partial charge in [-0.1, -0.05) is 41.4 Å². The van der Waals surface area contributed by atoms with E-state index in [1.807, 2.05) is 31.2 Å². The molecule has 0 aliphatic carbocycles. The van der Waals surface area contributed by atoms with Crippen LogP contribution in [0.1, 0.15) is 16.8 Å². The lowest BCUT2D eigenvalue weighted by molar-refractivity contribution is -0.111. The maximum absolute atomic E-state index is 12.3. The second kappa shape index (κ2) is 10.1. The monoisotopic (exact) mass is 457 g/mol. The van der Waals surface area contributed by atoms with E-state index in [1.165, 1.54) is 13.1 Å². The van der Waals surface area contributed by atoms with E-state index in [1.54, 1.807) is 35.0 Å². The predicted octanol–water partition coefficient (Wildman–Crippen LogP) is 4.95. The number of anilines is 2. The van der Waals surface area contributed by atoms with Gasteiger partial charge < -0.3 is 16.0 Å². The lowest BCUT2D eigenvalue weighted by Crippen LogP contribution is -2.24. The lowest BCUT2D eigenvalue weighted by atomic mass is 10.2. The first kappa shape index (κ1) is 22.4. The van der Waals surface area contributed by atoms with E-state index >= 15 is 0 Å². The van der Waals surface area contributed by atoms with E-state index in [0.29, 0.717) is 39.4 Å². The Balaban J connectivity index is 1.68. The van der Waals surface area contributed by atoms with Crippen molar-refractivity contribution in [3.63, 3.8) is 0 Å². The van der Waals surface area contributed by atoms with Crippen molar-refractivity contribution in [2.24, 2.45) is 0 Å². The summed E-state index contributed by atoms with van der Waals surface area (Å²) in [6, 6.07) is 13.9. The molecule has 3 N–H and O–H groups in total. The minimum absolute atomic E-state index is 0.335. The number of urea groups is 1. The highest BCUT2D eigenvalue weighted by Gasteiger charge is 2.12. The van der Waals surface area contributed by atoms with Crippen molar-refractivity contribution in [1.82, 2.24) is 15.1 Å². The molecule has 160 valence electrons. The largest absolute Gasteiger partial charge is 0.341 e. The number of hydrogen-bond acceptors (Lipinski definition) is 3. The molecule has 0 aliphatic heterocycles. The van der Waals surface area contributed by atoms with Crippen molar-refractivity contribution < 1.29 is 9.59 Å². The van der Waals surface area contributed by atoms with Crippen LogP contribution < -0.4 is 16.0 Å².